The summed E-state index contributed by atoms with van der Waals surface area (Å²) in [5.41, 5.74) is 1.18. The third-order valence-electron chi connectivity index (χ3n) is 2.61. The highest BCUT2D eigenvalue weighted by Gasteiger charge is 2.22. The summed E-state index contributed by atoms with van der Waals surface area (Å²) >= 11 is 0. The Hall–Kier alpha value is -1.35. The number of fused-ring (bicyclic) bond motifs is 1. The molecule has 3 heteroatoms. The fourth-order valence-corrected chi connectivity index (χ4v) is 1.74. The highest BCUT2D eigenvalue weighted by atomic mass is 15.1. The highest BCUT2D eigenvalue weighted by Crippen LogP contribution is 2.19. The summed E-state index contributed by atoms with van der Waals surface area (Å²) in [6.45, 7) is 2.13. The van der Waals surface area contributed by atoms with Crippen LogP contribution in [-0.4, -0.2) is 22.5 Å². The van der Waals surface area contributed by atoms with Crippen molar-refractivity contribution in [2.24, 2.45) is 0 Å². The Balaban J connectivity index is 2.17. The summed E-state index contributed by atoms with van der Waals surface area (Å²) in [5, 5.41) is 3.26. The second-order valence-corrected chi connectivity index (χ2v) is 3.47. The maximum atomic E-state index is 4.44. The van der Waals surface area contributed by atoms with Crippen LogP contribution in [0.3, 0.4) is 0 Å². The molecule has 0 bridgehead atoms. The first kappa shape index (κ1) is 7.09. The van der Waals surface area contributed by atoms with E-state index in [0.29, 0.717) is 5.92 Å². The summed E-state index contributed by atoms with van der Waals surface area (Å²) in [6.07, 6.45) is 4.02. The van der Waals surface area contributed by atoms with E-state index >= 15 is 0 Å². The molecule has 0 aliphatic carbocycles. The monoisotopic (exact) mass is 173 g/mol. The van der Waals surface area contributed by atoms with Crippen LogP contribution in [0.5, 0.6) is 0 Å². The van der Waals surface area contributed by atoms with Crippen LogP contribution in [0.2, 0.25) is 0 Å². The van der Waals surface area contributed by atoms with E-state index in [-0.39, 0.29) is 0 Å². The molecule has 13 heavy (non-hydrogen) atoms. The van der Waals surface area contributed by atoms with E-state index in [1.807, 2.05) is 18.3 Å². The number of nitrogens with one attached hydrogen (secondary N) is 1. The molecule has 0 amide bonds. The Morgan fingerprint density at radius 2 is 2.31 bits per heavy atom. The largest absolute Gasteiger partial charge is 0.315 e. The minimum absolute atomic E-state index is 0.602. The Morgan fingerprint density at radius 3 is 3.08 bits per heavy atom. The normalized spacial score (nSPS) is 17.5. The maximum absolute atomic E-state index is 4.44. The molecule has 0 saturated carbocycles. The van der Waals surface area contributed by atoms with Crippen LogP contribution in [0.15, 0.2) is 30.6 Å². The van der Waals surface area contributed by atoms with Crippen LogP contribution < -0.4 is 5.32 Å². The second-order valence-electron chi connectivity index (χ2n) is 3.47. The van der Waals surface area contributed by atoms with Gasteiger partial charge in [-0.15, -0.1) is 0 Å². The number of rotatable bonds is 1. The summed E-state index contributed by atoms with van der Waals surface area (Å²) in [5.74, 6) is 1.79. The average Bonchev–Trinajstić information content (AvgIpc) is 2.47. The Labute approximate surface area is 76.4 Å². The van der Waals surface area contributed by atoms with Crippen molar-refractivity contribution in [3.05, 3.63) is 36.4 Å². The maximum Gasteiger partial charge on any atom is 0.118 e. The molecule has 2 aromatic heterocycles. The van der Waals surface area contributed by atoms with E-state index in [4.69, 9.17) is 0 Å². The first-order valence-electron chi connectivity index (χ1n) is 4.58. The number of hydrogen-bond donors (Lipinski definition) is 1. The van der Waals surface area contributed by atoms with Crippen molar-refractivity contribution in [3.63, 3.8) is 0 Å². The van der Waals surface area contributed by atoms with E-state index < -0.39 is 0 Å². The Morgan fingerprint density at radius 1 is 1.38 bits per heavy atom. The molecule has 0 radical (unpaired) electrons. The van der Waals surface area contributed by atoms with Crippen LogP contribution in [0.25, 0.3) is 5.52 Å². The SMILES string of the molecule is c1ccn2c(C3CNC3)ncc2c1. The van der Waals surface area contributed by atoms with Crippen molar-refractivity contribution >= 4 is 5.52 Å². The summed E-state index contributed by atoms with van der Waals surface area (Å²) < 4.78 is 2.17. The minimum atomic E-state index is 0.602. The van der Waals surface area contributed by atoms with Crippen molar-refractivity contribution in [3.8, 4) is 0 Å². The fourth-order valence-electron chi connectivity index (χ4n) is 1.74. The van der Waals surface area contributed by atoms with Gasteiger partial charge in [-0.3, -0.25) is 0 Å². The molecule has 2 aromatic rings. The van der Waals surface area contributed by atoms with E-state index in [1.165, 1.54) is 11.3 Å². The molecular weight excluding hydrogens is 162 g/mol. The van der Waals surface area contributed by atoms with Crippen molar-refractivity contribution < 1.29 is 0 Å². The molecule has 0 aromatic carbocycles. The Bertz CT molecular complexity index is 428. The van der Waals surface area contributed by atoms with Gasteiger partial charge in [0.05, 0.1) is 11.7 Å². The van der Waals surface area contributed by atoms with Crippen molar-refractivity contribution in [1.29, 1.82) is 0 Å². The molecule has 1 N–H and O–H groups in total. The van der Waals surface area contributed by atoms with Gasteiger partial charge in [0, 0.05) is 25.2 Å². The zero-order valence-electron chi connectivity index (χ0n) is 7.27. The molecule has 3 rings (SSSR count). The van der Waals surface area contributed by atoms with Gasteiger partial charge in [0.1, 0.15) is 5.82 Å². The lowest BCUT2D eigenvalue weighted by molar-refractivity contribution is 0.429. The predicted octanol–water partition coefficient (Wildman–Crippen LogP) is 1.02. The van der Waals surface area contributed by atoms with Gasteiger partial charge in [0.15, 0.2) is 0 Å². The van der Waals surface area contributed by atoms with Crippen LogP contribution in [-0.2, 0) is 0 Å². The minimum Gasteiger partial charge on any atom is -0.315 e. The number of nitrogens with zero attached hydrogens (tertiary/aromatic N) is 2. The van der Waals surface area contributed by atoms with E-state index in [9.17, 15) is 0 Å². The number of hydrogen-bond acceptors (Lipinski definition) is 2. The summed E-state index contributed by atoms with van der Waals surface area (Å²) in [4.78, 5) is 4.44. The third kappa shape index (κ3) is 0.971. The molecule has 0 atom stereocenters. The second kappa shape index (κ2) is 2.57. The lowest BCUT2D eigenvalue weighted by Crippen LogP contribution is -2.40. The van der Waals surface area contributed by atoms with E-state index in [1.54, 1.807) is 0 Å². The molecule has 0 unspecified atom stereocenters. The first-order chi connectivity index (χ1) is 6.45. The zero-order chi connectivity index (χ0) is 8.67. The van der Waals surface area contributed by atoms with Crippen LogP contribution >= 0.6 is 0 Å². The first-order valence-corrected chi connectivity index (χ1v) is 4.58. The topological polar surface area (TPSA) is 29.3 Å². The van der Waals surface area contributed by atoms with Crippen LogP contribution in [0.4, 0.5) is 0 Å². The van der Waals surface area contributed by atoms with E-state index in [2.05, 4.69) is 27.0 Å². The van der Waals surface area contributed by atoms with Gasteiger partial charge in [-0.2, -0.15) is 0 Å². The molecule has 66 valence electrons. The summed E-state index contributed by atoms with van der Waals surface area (Å²) in [6, 6.07) is 6.17. The molecule has 0 spiro atoms. The Kier molecular flexibility index (Phi) is 1.40. The van der Waals surface area contributed by atoms with Crippen molar-refractivity contribution in [2.45, 2.75) is 5.92 Å². The molecule has 1 saturated heterocycles. The van der Waals surface area contributed by atoms with Crippen LogP contribution in [0, 0.1) is 0 Å². The number of aromatic nitrogens is 2. The molecule has 3 nitrogen and oxygen atoms in total. The lowest BCUT2D eigenvalue weighted by atomic mass is 10.0. The fraction of sp³-hybridized carbons (Fsp3) is 0.300. The quantitative estimate of drug-likeness (QED) is 0.697. The van der Waals surface area contributed by atoms with Crippen molar-refractivity contribution in [1.82, 2.24) is 14.7 Å². The number of pyridine rings is 1. The highest BCUT2D eigenvalue weighted by molar-refractivity contribution is 5.46. The van der Waals surface area contributed by atoms with Gasteiger partial charge in [-0.05, 0) is 12.1 Å². The van der Waals surface area contributed by atoms with Gasteiger partial charge in [-0.25, -0.2) is 4.98 Å². The van der Waals surface area contributed by atoms with Crippen molar-refractivity contribution in [2.75, 3.05) is 13.1 Å². The lowest BCUT2D eigenvalue weighted by Gasteiger charge is -2.25. The van der Waals surface area contributed by atoms with Gasteiger partial charge in [-0.1, -0.05) is 6.07 Å². The average molecular weight is 173 g/mol. The van der Waals surface area contributed by atoms with Gasteiger partial charge < -0.3 is 9.72 Å². The van der Waals surface area contributed by atoms with Gasteiger partial charge >= 0.3 is 0 Å². The molecule has 3 heterocycles. The number of imidazole rings is 1. The van der Waals surface area contributed by atoms with Gasteiger partial charge in [0.2, 0.25) is 0 Å². The molecule has 1 fully saturated rings. The zero-order valence-corrected chi connectivity index (χ0v) is 7.27. The van der Waals surface area contributed by atoms with Crippen LogP contribution in [0.1, 0.15) is 11.7 Å². The smallest absolute Gasteiger partial charge is 0.118 e. The predicted molar refractivity (Wildman–Crippen MR) is 50.8 cm³/mol. The van der Waals surface area contributed by atoms with Gasteiger partial charge in [0.25, 0.3) is 0 Å². The third-order valence-corrected chi connectivity index (χ3v) is 2.61. The molecule has 1 aliphatic heterocycles. The standard InChI is InChI=1S/C10H11N3/c1-2-4-13-9(3-1)7-12-10(13)8-5-11-6-8/h1-4,7-8,11H,5-6H2. The van der Waals surface area contributed by atoms with E-state index in [0.717, 1.165) is 13.1 Å². The molecular formula is C10H11N3. The molecule has 1 aliphatic rings. The summed E-state index contributed by atoms with van der Waals surface area (Å²) in [7, 11) is 0.